The molecule has 2 unspecified atom stereocenters. The minimum atomic E-state index is -4.36. The predicted molar refractivity (Wildman–Crippen MR) is 66.0 cm³/mol. The van der Waals surface area contributed by atoms with E-state index >= 15 is 0 Å². The number of nitrogens with one attached hydrogen (secondary N) is 1. The summed E-state index contributed by atoms with van der Waals surface area (Å²) < 4.78 is 49.9. The maximum atomic E-state index is 12.7. The summed E-state index contributed by atoms with van der Waals surface area (Å²) in [6.45, 7) is 2.43. The second-order valence-electron chi connectivity index (χ2n) is 4.17. The molecule has 0 saturated carbocycles. The number of hydrogen-bond acceptors (Lipinski definition) is 2. The van der Waals surface area contributed by atoms with Crippen molar-refractivity contribution in [2.24, 2.45) is 0 Å². The first kappa shape index (κ1) is 13.5. The van der Waals surface area contributed by atoms with Gasteiger partial charge in [0.25, 0.3) is 0 Å². The fraction of sp³-hybridized carbons (Fsp3) is 0.500. The summed E-state index contributed by atoms with van der Waals surface area (Å²) >= 11 is -1.12. The molecule has 18 heavy (non-hydrogen) atoms. The molecule has 2 rings (SSSR count). The Labute approximate surface area is 107 Å². The number of rotatable bonds is 2. The lowest BCUT2D eigenvalue weighted by atomic mass is 10.00. The monoisotopic (exact) mass is 277 g/mol. The van der Waals surface area contributed by atoms with Crippen LogP contribution in [0.5, 0.6) is 0 Å². The summed E-state index contributed by atoms with van der Waals surface area (Å²) in [5, 5.41) is 2.75. The fourth-order valence-electron chi connectivity index (χ4n) is 2.13. The van der Waals surface area contributed by atoms with Gasteiger partial charge in [0, 0.05) is 24.2 Å². The Morgan fingerprint density at radius 2 is 2.17 bits per heavy atom. The number of fused-ring (bicyclic) bond motifs is 1. The van der Waals surface area contributed by atoms with E-state index in [2.05, 4.69) is 5.32 Å². The summed E-state index contributed by atoms with van der Waals surface area (Å²) in [4.78, 5) is 0. The first-order valence-electron chi connectivity index (χ1n) is 5.75. The molecule has 1 aliphatic rings. The van der Waals surface area contributed by atoms with Gasteiger partial charge in [0.15, 0.2) is 0 Å². The predicted octanol–water partition coefficient (Wildman–Crippen LogP) is 3.33. The Hall–Kier alpha value is -0.880. The van der Waals surface area contributed by atoms with Crippen LogP contribution in [0.3, 0.4) is 0 Å². The molecular weight excluding hydrogens is 263 g/mol. The van der Waals surface area contributed by atoms with Crippen molar-refractivity contribution in [2.75, 3.05) is 17.6 Å². The second-order valence-corrected chi connectivity index (χ2v) is 6.08. The highest BCUT2D eigenvalue weighted by molar-refractivity contribution is 7.91. The molecule has 0 radical (unpaired) electrons. The van der Waals surface area contributed by atoms with Crippen molar-refractivity contribution in [3.05, 3.63) is 29.3 Å². The molecule has 100 valence electrons. The molecule has 1 aromatic carbocycles. The average molecular weight is 277 g/mol. The van der Waals surface area contributed by atoms with Crippen LogP contribution in [-0.4, -0.2) is 16.9 Å². The van der Waals surface area contributed by atoms with Crippen LogP contribution in [0.1, 0.15) is 29.7 Å². The highest BCUT2D eigenvalue weighted by atomic mass is 32.2. The first-order valence-corrected chi connectivity index (χ1v) is 7.14. The van der Waals surface area contributed by atoms with Gasteiger partial charge in [0.1, 0.15) is 11.0 Å². The molecular formula is C12H14F3NOS. The van der Waals surface area contributed by atoms with Gasteiger partial charge in [-0.3, -0.25) is 0 Å². The minimum Gasteiger partial charge on any atom is -0.616 e. The molecule has 1 heterocycles. The molecule has 1 aliphatic heterocycles. The summed E-state index contributed by atoms with van der Waals surface area (Å²) in [6.07, 6.45) is -3.75. The smallest absolute Gasteiger partial charge is 0.416 e. The van der Waals surface area contributed by atoms with Crippen molar-refractivity contribution in [3.63, 3.8) is 0 Å². The number of hydrogen-bond donors (Lipinski definition) is 1. The van der Waals surface area contributed by atoms with Gasteiger partial charge in [-0.05, 0) is 36.3 Å². The van der Waals surface area contributed by atoms with Crippen molar-refractivity contribution in [2.45, 2.75) is 24.8 Å². The van der Waals surface area contributed by atoms with E-state index in [9.17, 15) is 17.7 Å². The molecule has 6 heteroatoms. The van der Waals surface area contributed by atoms with Crippen LogP contribution in [0, 0.1) is 0 Å². The summed E-state index contributed by atoms with van der Waals surface area (Å²) in [5.74, 6) is 0.459. The highest BCUT2D eigenvalue weighted by Gasteiger charge is 2.35. The lowest BCUT2D eigenvalue weighted by molar-refractivity contribution is -0.137. The third-order valence-corrected chi connectivity index (χ3v) is 4.74. The van der Waals surface area contributed by atoms with E-state index in [1.54, 1.807) is 6.92 Å². The third kappa shape index (κ3) is 2.59. The molecule has 1 aromatic rings. The van der Waals surface area contributed by atoms with Gasteiger partial charge >= 0.3 is 6.18 Å². The molecule has 0 saturated heterocycles. The lowest BCUT2D eigenvalue weighted by Gasteiger charge is -2.28. The zero-order chi connectivity index (χ0) is 13.3. The fourth-order valence-corrected chi connectivity index (χ4v) is 3.40. The van der Waals surface area contributed by atoms with Gasteiger partial charge < -0.3 is 9.87 Å². The van der Waals surface area contributed by atoms with E-state index in [0.29, 0.717) is 30.0 Å². The summed E-state index contributed by atoms with van der Waals surface area (Å²) in [7, 11) is 0. The van der Waals surface area contributed by atoms with Crippen molar-refractivity contribution < 1.29 is 17.7 Å². The van der Waals surface area contributed by atoms with Crippen molar-refractivity contribution in [3.8, 4) is 0 Å². The Morgan fingerprint density at radius 1 is 1.44 bits per heavy atom. The SMILES string of the molecule is CC[S+]([O-])C1CCNc2ccc(C(F)(F)F)cc21. The molecule has 0 aliphatic carbocycles. The largest absolute Gasteiger partial charge is 0.616 e. The van der Waals surface area contributed by atoms with Crippen LogP contribution in [0.15, 0.2) is 18.2 Å². The number of benzene rings is 1. The Morgan fingerprint density at radius 3 is 2.78 bits per heavy atom. The molecule has 0 fully saturated rings. The van der Waals surface area contributed by atoms with Gasteiger partial charge in [-0.15, -0.1) is 0 Å². The van der Waals surface area contributed by atoms with Crippen LogP contribution in [-0.2, 0) is 17.4 Å². The normalized spacial score (nSPS) is 21.1. The van der Waals surface area contributed by atoms with E-state index in [4.69, 9.17) is 0 Å². The minimum absolute atomic E-state index is 0.298. The number of alkyl halides is 3. The van der Waals surface area contributed by atoms with Crippen LogP contribution >= 0.6 is 0 Å². The topological polar surface area (TPSA) is 35.1 Å². The van der Waals surface area contributed by atoms with Gasteiger partial charge in [-0.1, -0.05) is 0 Å². The standard InChI is InChI=1S/C12H14F3NOS/c1-2-18(17)11-5-6-16-10-4-3-8(7-9(10)11)12(13,14)15/h3-4,7,11,16H,2,5-6H2,1H3. The van der Waals surface area contributed by atoms with Crippen LogP contribution < -0.4 is 5.32 Å². The lowest BCUT2D eigenvalue weighted by Crippen LogP contribution is -2.25. The average Bonchev–Trinajstić information content (AvgIpc) is 2.35. The van der Waals surface area contributed by atoms with E-state index in [-0.39, 0.29) is 5.25 Å². The van der Waals surface area contributed by atoms with Crippen LogP contribution in [0.4, 0.5) is 18.9 Å². The van der Waals surface area contributed by atoms with E-state index < -0.39 is 22.9 Å². The van der Waals surface area contributed by atoms with E-state index in [1.807, 2.05) is 0 Å². The molecule has 0 amide bonds. The van der Waals surface area contributed by atoms with Crippen molar-refractivity contribution in [1.82, 2.24) is 0 Å². The van der Waals surface area contributed by atoms with Crippen LogP contribution in [0.2, 0.25) is 0 Å². The van der Waals surface area contributed by atoms with Gasteiger partial charge in [-0.25, -0.2) is 0 Å². The first-order chi connectivity index (χ1) is 8.43. The molecule has 2 atom stereocenters. The maximum absolute atomic E-state index is 12.7. The second kappa shape index (κ2) is 5.01. The van der Waals surface area contributed by atoms with Crippen molar-refractivity contribution >= 4 is 16.9 Å². The molecule has 0 spiro atoms. The number of halogens is 3. The Balaban J connectivity index is 2.41. The summed E-state index contributed by atoms with van der Waals surface area (Å²) in [5.41, 5.74) is 0.514. The highest BCUT2D eigenvalue weighted by Crippen LogP contribution is 2.39. The van der Waals surface area contributed by atoms with Crippen molar-refractivity contribution in [1.29, 1.82) is 0 Å². The van der Waals surface area contributed by atoms with Gasteiger partial charge in [-0.2, -0.15) is 13.2 Å². The molecule has 1 N–H and O–H groups in total. The van der Waals surface area contributed by atoms with Gasteiger partial charge in [0.05, 0.1) is 5.56 Å². The summed E-state index contributed by atoms with van der Waals surface area (Å²) in [6, 6.07) is 3.61. The van der Waals surface area contributed by atoms with Gasteiger partial charge in [0.2, 0.25) is 0 Å². The molecule has 0 aromatic heterocycles. The number of anilines is 1. The third-order valence-electron chi connectivity index (χ3n) is 3.05. The van der Waals surface area contributed by atoms with Crippen LogP contribution in [0.25, 0.3) is 0 Å². The zero-order valence-electron chi connectivity index (χ0n) is 9.88. The maximum Gasteiger partial charge on any atom is 0.416 e. The Kier molecular flexibility index (Phi) is 3.77. The molecule has 0 bridgehead atoms. The Bertz CT molecular complexity index is 436. The van der Waals surface area contributed by atoms with E-state index in [1.165, 1.54) is 6.07 Å². The quantitative estimate of drug-likeness (QED) is 0.841. The zero-order valence-corrected chi connectivity index (χ0v) is 10.7. The van der Waals surface area contributed by atoms with E-state index in [0.717, 1.165) is 12.1 Å². The molecule has 2 nitrogen and oxygen atoms in total.